The van der Waals surface area contributed by atoms with Crippen molar-refractivity contribution in [3.8, 4) is 17.2 Å². The third-order valence-electron chi connectivity index (χ3n) is 6.23. The first-order chi connectivity index (χ1) is 18.2. The summed E-state index contributed by atoms with van der Waals surface area (Å²) in [5.74, 6) is -0.368. The maximum atomic E-state index is 13.5. The van der Waals surface area contributed by atoms with E-state index in [-0.39, 0.29) is 21.9 Å². The minimum atomic E-state index is -0.886. The highest BCUT2D eigenvalue weighted by Crippen LogP contribution is 2.45. The number of nitrogens with zero attached hydrogens (tertiary/aromatic N) is 1. The van der Waals surface area contributed by atoms with E-state index in [4.69, 9.17) is 25.8 Å². The van der Waals surface area contributed by atoms with Gasteiger partial charge in [0.2, 0.25) is 0 Å². The van der Waals surface area contributed by atoms with E-state index < -0.39 is 23.5 Å². The molecule has 0 aliphatic carbocycles. The molecular formula is C30H30ClNO6. The van der Waals surface area contributed by atoms with E-state index in [2.05, 4.69) is 13.8 Å². The average Bonchev–Trinajstić information content (AvgIpc) is 3.17. The van der Waals surface area contributed by atoms with Crippen molar-refractivity contribution in [3.63, 3.8) is 0 Å². The van der Waals surface area contributed by atoms with E-state index >= 15 is 0 Å². The van der Waals surface area contributed by atoms with Gasteiger partial charge < -0.3 is 19.3 Å². The van der Waals surface area contributed by atoms with Crippen LogP contribution in [0.4, 0.5) is 5.69 Å². The maximum Gasteiger partial charge on any atom is 0.300 e. The van der Waals surface area contributed by atoms with Crippen LogP contribution in [0.1, 0.15) is 36.6 Å². The Hall–Kier alpha value is -3.97. The maximum absolute atomic E-state index is 13.5. The minimum Gasteiger partial charge on any atom is -0.507 e. The van der Waals surface area contributed by atoms with Crippen molar-refractivity contribution in [2.45, 2.75) is 26.8 Å². The molecule has 7 nitrogen and oxygen atoms in total. The number of aliphatic hydroxyl groups is 1. The van der Waals surface area contributed by atoms with E-state index in [1.165, 1.54) is 31.3 Å². The summed E-state index contributed by atoms with van der Waals surface area (Å²) in [4.78, 5) is 28.4. The molecule has 198 valence electrons. The molecule has 4 rings (SSSR count). The fourth-order valence-corrected chi connectivity index (χ4v) is 4.65. The van der Waals surface area contributed by atoms with Gasteiger partial charge in [0, 0.05) is 11.8 Å². The zero-order valence-electron chi connectivity index (χ0n) is 21.9. The van der Waals surface area contributed by atoms with E-state index in [1.54, 1.807) is 24.3 Å². The van der Waals surface area contributed by atoms with Gasteiger partial charge in [0.15, 0.2) is 0 Å². The number of aryl methyl sites for hydroxylation is 1. The van der Waals surface area contributed by atoms with Crippen LogP contribution in [0, 0.1) is 12.8 Å². The number of carbonyl (C=O) groups is 2. The highest BCUT2D eigenvalue weighted by Gasteiger charge is 2.47. The van der Waals surface area contributed by atoms with Crippen LogP contribution in [-0.4, -0.2) is 37.6 Å². The van der Waals surface area contributed by atoms with Crippen molar-refractivity contribution in [2.75, 3.05) is 25.7 Å². The first-order valence-electron chi connectivity index (χ1n) is 12.2. The third kappa shape index (κ3) is 5.20. The summed E-state index contributed by atoms with van der Waals surface area (Å²) in [6.45, 7) is 6.59. The fraction of sp³-hybridized carbons (Fsp3) is 0.267. The van der Waals surface area contributed by atoms with Gasteiger partial charge >= 0.3 is 0 Å². The summed E-state index contributed by atoms with van der Waals surface area (Å²) in [5, 5.41) is 11.7. The van der Waals surface area contributed by atoms with Crippen molar-refractivity contribution >= 4 is 34.7 Å². The lowest BCUT2D eigenvalue weighted by molar-refractivity contribution is -0.132. The molecule has 0 saturated carbocycles. The van der Waals surface area contributed by atoms with Crippen LogP contribution >= 0.6 is 11.6 Å². The quantitative estimate of drug-likeness (QED) is 0.206. The average molecular weight is 536 g/mol. The molecule has 3 aromatic carbocycles. The highest BCUT2D eigenvalue weighted by atomic mass is 35.5. The van der Waals surface area contributed by atoms with Gasteiger partial charge in [-0.25, -0.2) is 0 Å². The van der Waals surface area contributed by atoms with Gasteiger partial charge in [-0.2, -0.15) is 0 Å². The molecule has 1 aliphatic heterocycles. The number of halogens is 1. The first-order valence-corrected chi connectivity index (χ1v) is 12.6. The van der Waals surface area contributed by atoms with Crippen LogP contribution in [0.5, 0.6) is 17.2 Å². The van der Waals surface area contributed by atoms with E-state index in [0.29, 0.717) is 35.3 Å². The van der Waals surface area contributed by atoms with Crippen molar-refractivity contribution in [2.24, 2.45) is 5.92 Å². The Morgan fingerprint density at radius 1 is 1.00 bits per heavy atom. The number of amides is 1. The van der Waals surface area contributed by atoms with Gasteiger partial charge in [0.05, 0.1) is 43.0 Å². The Kier molecular flexibility index (Phi) is 7.97. The predicted molar refractivity (Wildman–Crippen MR) is 147 cm³/mol. The van der Waals surface area contributed by atoms with Gasteiger partial charge in [0.1, 0.15) is 23.0 Å². The Morgan fingerprint density at radius 2 is 1.68 bits per heavy atom. The zero-order valence-corrected chi connectivity index (χ0v) is 22.7. The van der Waals surface area contributed by atoms with Gasteiger partial charge in [0.25, 0.3) is 11.7 Å². The van der Waals surface area contributed by atoms with Crippen LogP contribution < -0.4 is 19.1 Å². The molecule has 0 bridgehead atoms. The van der Waals surface area contributed by atoms with Gasteiger partial charge in [-0.15, -0.1) is 0 Å². The Labute approximate surface area is 227 Å². The molecular weight excluding hydrogens is 506 g/mol. The van der Waals surface area contributed by atoms with Crippen LogP contribution in [-0.2, 0) is 9.59 Å². The molecule has 38 heavy (non-hydrogen) atoms. The molecule has 1 unspecified atom stereocenters. The summed E-state index contributed by atoms with van der Waals surface area (Å²) in [5.41, 5.74) is 2.21. The minimum absolute atomic E-state index is 0.0692. The highest BCUT2D eigenvalue weighted by molar-refractivity contribution is 6.51. The lowest BCUT2D eigenvalue weighted by Gasteiger charge is -2.26. The lowest BCUT2D eigenvalue weighted by atomic mass is 9.94. The van der Waals surface area contributed by atoms with Crippen LogP contribution in [0.3, 0.4) is 0 Å². The first kappa shape index (κ1) is 27.1. The van der Waals surface area contributed by atoms with Gasteiger partial charge in [-0.05, 0) is 48.7 Å². The van der Waals surface area contributed by atoms with Gasteiger partial charge in [-0.1, -0.05) is 55.3 Å². The predicted octanol–water partition coefficient (Wildman–Crippen LogP) is 6.33. The largest absolute Gasteiger partial charge is 0.507 e. The second-order valence-corrected chi connectivity index (χ2v) is 9.88. The summed E-state index contributed by atoms with van der Waals surface area (Å²) in [6, 6.07) is 16.5. The molecule has 1 aliphatic rings. The van der Waals surface area contributed by atoms with Crippen molar-refractivity contribution in [1.29, 1.82) is 0 Å². The number of rotatable bonds is 8. The second-order valence-electron chi connectivity index (χ2n) is 9.47. The Bertz CT molecular complexity index is 1400. The summed E-state index contributed by atoms with van der Waals surface area (Å²) in [7, 11) is 2.89. The number of hydrogen-bond donors (Lipinski definition) is 1. The molecule has 8 heteroatoms. The number of hydrogen-bond acceptors (Lipinski definition) is 6. The standard InChI is InChI=1S/C30H30ClNO6/c1-17(2)16-38-21-11-9-20(10-12-21)32-27(19-8-6-7-18(3)13-19)26(29(34)30(32)35)28(33)22-14-23(31)25(37-5)15-24(22)36-4/h6-15,17,27,33H,16H2,1-5H3/b28-26+. The molecule has 1 amide bonds. The van der Waals surface area contributed by atoms with Crippen molar-refractivity contribution < 1.29 is 28.9 Å². The Balaban J connectivity index is 1.89. The smallest absolute Gasteiger partial charge is 0.300 e. The zero-order chi connectivity index (χ0) is 27.6. The van der Waals surface area contributed by atoms with Gasteiger partial charge in [-0.3, -0.25) is 14.5 Å². The lowest BCUT2D eigenvalue weighted by Crippen LogP contribution is -2.29. The number of benzene rings is 3. The van der Waals surface area contributed by atoms with Crippen LogP contribution in [0.2, 0.25) is 5.02 Å². The molecule has 3 aromatic rings. The molecule has 0 aromatic heterocycles. The summed E-state index contributed by atoms with van der Waals surface area (Å²) >= 11 is 6.34. The summed E-state index contributed by atoms with van der Waals surface area (Å²) < 4.78 is 16.5. The number of anilines is 1. The monoisotopic (exact) mass is 535 g/mol. The van der Waals surface area contributed by atoms with E-state index in [1.807, 2.05) is 31.2 Å². The molecule has 1 saturated heterocycles. The number of Topliss-reactive ketones (excluding diaryl/α,β-unsaturated/α-hetero) is 1. The molecule has 1 atom stereocenters. The number of carbonyl (C=O) groups excluding carboxylic acids is 2. The normalized spacial score (nSPS) is 16.7. The topological polar surface area (TPSA) is 85.3 Å². The number of ether oxygens (including phenoxy) is 3. The molecule has 1 fully saturated rings. The van der Waals surface area contributed by atoms with Crippen LogP contribution in [0.25, 0.3) is 5.76 Å². The second kappa shape index (κ2) is 11.2. The Morgan fingerprint density at radius 3 is 2.29 bits per heavy atom. The molecule has 1 N–H and O–H groups in total. The van der Waals surface area contributed by atoms with Crippen LogP contribution in [0.15, 0.2) is 66.2 Å². The molecule has 0 radical (unpaired) electrons. The fourth-order valence-electron chi connectivity index (χ4n) is 4.41. The van der Waals surface area contributed by atoms with E-state index in [0.717, 1.165) is 5.56 Å². The number of aliphatic hydroxyl groups excluding tert-OH is 1. The SMILES string of the molecule is COc1cc(OC)c(/C(O)=C2\C(=O)C(=O)N(c3ccc(OCC(C)C)cc3)C2c2cccc(C)c2)cc1Cl. The molecule has 0 spiro atoms. The summed E-state index contributed by atoms with van der Waals surface area (Å²) in [6.07, 6.45) is 0. The van der Waals surface area contributed by atoms with Crippen molar-refractivity contribution in [1.82, 2.24) is 0 Å². The third-order valence-corrected chi connectivity index (χ3v) is 6.52. The number of ketones is 1. The number of methoxy groups -OCH3 is 2. The van der Waals surface area contributed by atoms with E-state index in [9.17, 15) is 14.7 Å². The van der Waals surface area contributed by atoms with Crippen molar-refractivity contribution in [3.05, 3.63) is 87.9 Å². The molecule has 1 heterocycles.